The Labute approximate surface area is 127 Å². The summed E-state index contributed by atoms with van der Waals surface area (Å²) in [6, 6.07) is 6.22. The maximum Gasteiger partial charge on any atom is 0.272 e. The van der Waals surface area contributed by atoms with Gasteiger partial charge in [-0.05, 0) is 31.4 Å². The standard InChI is InChI=1S/C15H18N4OS/c1-9-5-6-11-10(8-9)4-3-7-19(11)14(20)12-13(16)18-15(17-2)21-12/h5-6,8H,3-4,7,16H2,1-2H3,(H,17,18). The van der Waals surface area contributed by atoms with Crippen molar-refractivity contribution in [2.24, 2.45) is 0 Å². The number of thiazole rings is 1. The molecular formula is C15H18N4OS. The van der Waals surface area contributed by atoms with Crippen LogP contribution in [0.15, 0.2) is 18.2 Å². The van der Waals surface area contributed by atoms with Gasteiger partial charge < -0.3 is 16.0 Å². The van der Waals surface area contributed by atoms with Gasteiger partial charge in [0.05, 0.1) is 0 Å². The van der Waals surface area contributed by atoms with Gasteiger partial charge in [-0.25, -0.2) is 4.98 Å². The number of carbonyl (C=O) groups is 1. The maximum absolute atomic E-state index is 12.8. The molecule has 5 nitrogen and oxygen atoms in total. The van der Waals surface area contributed by atoms with Gasteiger partial charge in [0.2, 0.25) is 0 Å². The van der Waals surface area contributed by atoms with E-state index in [1.165, 1.54) is 22.5 Å². The van der Waals surface area contributed by atoms with Gasteiger partial charge in [-0.1, -0.05) is 29.0 Å². The summed E-state index contributed by atoms with van der Waals surface area (Å²) in [5, 5.41) is 3.59. The van der Waals surface area contributed by atoms with Crippen molar-refractivity contribution in [2.75, 3.05) is 29.5 Å². The van der Waals surface area contributed by atoms with E-state index in [2.05, 4.69) is 23.3 Å². The number of nitrogens with zero attached hydrogens (tertiary/aromatic N) is 2. The van der Waals surface area contributed by atoms with E-state index in [0.29, 0.717) is 15.8 Å². The van der Waals surface area contributed by atoms with E-state index < -0.39 is 0 Å². The molecule has 2 heterocycles. The lowest BCUT2D eigenvalue weighted by Gasteiger charge is -2.29. The number of aromatic nitrogens is 1. The number of hydrogen-bond acceptors (Lipinski definition) is 5. The van der Waals surface area contributed by atoms with Crippen LogP contribution in [-0.2, 0) is 6.42 Å². The Bertz CT molecular complexity index is 695. The van der Waals surface area contributed by atoms with Crippen LogP contribution in [0.2, 0.25) is 0 Å². The van der Waals surface area contributed by atoms with Crippen molar-refractivity contribution in [1.29, 1.82) is 0 Å². The molecule has 1 aromatic carbocycles. The van der Waals surface area contributed by atoms with Crippen LogP contribution in [0, 0.1) is 6.92 Å². The third-order valence-corrected chi connectivity index (χ3v) is 4.74. The summed E-state index contributed by atoms with van der Waals surface area (Å²) in [5.74, 6) is 0.241. The van der Waals surface area contributed by atoms with Crippen molar-refractivity contribution in [3.63, 3.8) is 0 Å². The molecule has 21 heavy (non-hydrogen) atoms. The van der Waals surface area contributed by atoms with Gasteiger partial charge in [-0.3, -0.25) is 4.79 Å². The number of fused-ring (bicyclic) bond motifs is 1. The van der Waals surface area contributed by atoms with Gasteiger partial charge >= 0.3 is 0 Å². The van der Waals surface area contributed by atoms with E-state index in [9.17, 15) is 4.79 Å². The summed E-state index contributed by atoms with van der Waals surface area (Å²) in [6.07, 6.45) is 1.99. The molecule has 0 fully saturated rings. The van der Waals surface area contributed by atoms with Gasteiger partial charge in [-0.2, -0.15) is 0 Å². The molecule has 1 aromatic heterocycles. The fraction of sp³-hybridized carbons (Fsp3) is 0.333. The fourth-order valence-corrected chi connectivity index (χ4v) is 3.44. The number of rotatable bonds is 2. The Kier molecular flexibility index (Phi) is 3.55. The average molecular weight is 302 g/mol. The molecule has 0 unspecified atom stereocenters. The zero-order valence-electron chi connectivity index (χ0n) is 12.1. The molecule has 0 spiro atoms. The van der Waals surface area contributed by atoms with Crippen LogP contribution in [0.1, 0.15) is 27.2 Å². The SMILES string of the molecule is CNc1nc(N)c(C(=O)N2CCCc3cc(C)ccc32)s1. The van der Waals surface area contributed by atoms with E-state index in [1.54, 1.807) is 7.05 Å². The number of carbonyl (C=O) groups excluding carboxylic acids is 1. The van der Waals surface area contributed by atoms with Crippen molar-refractivity contribution in [2.45, 2.75) is 19.8 Å². The molecule has 0 aliphatic carbocycles. The number of anilines is 3. The van der Waals surface area contributed by atoms with Gasteiger partial charge in [0.1, 0.15) is 10.7 Å². The lowest BCUT2D eigenvalue weighted by molar-refractivity contribution is 0.0989. The Morgan fingerprint density at radius 3 is 3.00 bits per heavy atom. The van der Waals surface area contributed by atoms with Crippen LogP contribution in [0.4, 0.5) is 16.6 Å². The Hall–Kier alpha value is -2.08. The molecule has 1 aliphatic rings. The van der Waals surface area contributed by atoms with Gasteiger partial charge in [0.15, 0.2) is 5.13 Å². The van der Waals surface area contributed by atoms with Crippen molar-refractivity contribution in [3.05, 3.63) is 34.2 Å². The van der Waals surface area contributed by atoms with Gasteiger partial charge in [-0.15, -0.1) is 0 Å². The van der Waals surface area contributed by atoms with Crippen LogP contribution in [0.25, 0.3) is 0 Å². The lowest BCUT2D eigenvalue weighted by atomic mass is 9.99. The summed E-state index contributed by atoms with van der Waals surface area (Å²) in [7, 11) is 1.77. The molecule has 6 heteroatoms. The second-order valence-corrected chi connectivity index (χ2v) is 6.17. The monoisotopic (exact) mass is 302 g/mol. The Balaban J connectivity index is 1.98. The predicted molar refractivity (Wildman–Crippen MR) is 87.2 cm³/mol. The minimum absolute atomic E-state index is 0.0590. The summed E-state index contributed by atoms with van der Waals surface area (Å²) < 4.78 is 0. The largest absolute Gasteiger partial charge is 0.382 e. The van der Waals surface area contributed by atoms with Crippen molar-refractivity contribution in [3.8, 4) is 0 Å². The molecule has 3 N–H and O–H groups in total. The zero-order chi connectivity index (χ0) is 15.0. The highest BCUT2D eigenvalue weighted by Gasteiger charge is 2.27. The highest BCUT2D eigenvalue weighted by atomic mass is 32.1. The molecule has 0 saturated heterocycles. The van der Waals surface area contributed by atoms with E-state index in [-0.39, 0.29) is 5.91 Å². The lowest BCUT2D eigenvalue weighted by Crippen LogP contribution is -2.35. The van der Waals surface area contributed by atoms with Gasteiger partial charge in [0.25, 0.3) is 5.91 Å². The highest BCUT2D eigenvalue weighted by molar-refractivity contribution is 7.18. The maximum atomic E-state index is 12.8. The summed E-state index contributed by atoms with van der Waals surface area (Å²) in [5.41, 5.74) is 9.32. The molecule has 3 rings (SSSR count). The average Bonchev–Trinajstić information content (AvgIpc) is 2.86. The molecule has 110 valence electrons. The quantitative estimate of drug-likeness (QED) is 0.894. The van der Waals surface area contributed by atoms with Crippen LogP contribution >= 0.6 is 11.3 Å². The summed E-state index contributed by atoms with van der Waals surface area (Å²) in [4.78, 5) is 19.3. The van der Waals surface area contributed by atoms with Crippen molar-refractivity contribution < 1.29 is 4.79 Å². The minimum Gasteiger partial charge on any atom is -0.382 e. The van der Waals surface area contributed by atoms with E-state index >= 15 is 0 Å². The fourth-order valence-electron chi connectivity index (χ4n) is 2.65. The number of amides is 1. The molecule has 1 aliphatic heterocycles. The van der Waals surface area contributed by atoms with Crippen molar-refractivity contribution in [1.82, 2.24) is 4.98 Å². The van der Waals surface area contributed by atoms with E-state index in [4.69, 9.17) is 5.73 Å². The number of hydrogen-bond donors (Lipinski definition) is 2. The van der Waals surface area contributed by atoms with E-state index in [1.807, 2.05) is 17.0 Å². The first-order chi connectivity index (χ1) is 10.1. The Morgan fingerprint density at radius 1 is 1.48 bits per heavy atom. The number of nitrogens with one attached hydrogen (secondary N) is 1. The molecule has 2 aromatic rings. The summed E-state index contributed by atoms with van der Waals surface area (Å²) >= 11 is 1.30. The summed E-state index contributed by atoms with van der Waals surface area (Å²) in [6.45, 7) is 2.79. The third kappa shape index (κ3) is 2.47. The van der Waals surface area contributed by atoms with Crippen LogP contribution < -0.4 is 16.0 Å². The smallest absolute Gasteiger partial charge is 0.272 e. The molecule has 0 atom stereocenters. The van der Waals surface area contributed by atoms with E-state index in [0.717, 1.165) is 25.1 Å². The molecule has 0 saturated carbocycles. The zero-order valence-corrected chi connectivity index (χ0v) is 13.0. The van der Waals surface area contributed by atoms with Crippen molar-refractivity contribution >= 4 is 33.9 Å². The molecule has 0 radical (unpaired) electrons. The molecular weight excluding hydrogens is 284 g/mol. The highest BCUT2D eigenvalue weighted by Crippen LogP contribution is 2.32. The topological polar surface area (TPSA) is 71.2 Å². The second-order valence-electron chi connectivity index (χ2n) is 5.18. The van der Waals surface area contributed by atoms with Gasteiger partial charge in [0, 0.05) is 19.3 Å². The number of nitrogens with two attached hydrogens (primary N) is 1. The van der Waals surface area contributed by atoms with Crippen LogP contribution in [0.5, 0.6) is 0 Å². The number of aryl methyl sites for hydroxylation is 2. The minimum atomic E-state index is -0.0590. The number of nitrogen functional groups attached to an aromatic ring is 1. The first kappa shape index (κ1) is 13.9. The molecule has 0 bridgehead atoms. The molecule has 1 amide bonds. The van der Waals surface area contributed by atoms with Crippen LogP contribution in [-0.4, -0.2) is 24.5 Å². The normalized spacial score (nSPS) is 13.9. The second kappa shape index (κ2) is 5.37. The Morgan fingerprint density at radius 2 is 2.29 bits per heavy atom. The predicted octanol–water partition coefficient (Wildman–Crippen LogP) is 2.67. The third-order valence-electron chi connectivity index (χ3n) is 3.66. The van der Waals surface area contributed by atoms with Crippen LogP contribution in [0.3, 0.4) is 0 Å². The number of benzene rings is 1. The first-order valence-electron chi connectivity index (χ1n) is 6.95. The first-order valence-corrected chi connectivity index (χ1v) is 7.77.